The van der Waals surface area contributed by atoms with Crippen molar-refractivity contribution in [2.24, 2.45) is 0 Å². The molecule has 0 amide bonds. The Morgan fingerprint density at radius 3 is 1.78 bits per heavy atom. The number of aliphatic carboxylic acids is 1. The Morgan fingerprint density at radius 2 is 1.17 bits per heavy atom. The van der Waals surface area contributed by atoms with Gasteiger partial charge in [-0.25, -0.2) is 0 Å². The number of esters is 1. The second kappa shape index (κ2) is 27.5. The molecule has 0 rings (SSSR count). The van der Waals surface area contributed by atoms with Gasteiger partial charge in [0, 0.05) is 12.8 Å². The molecule has 0 bridgehead atoms. The zero-order chi connectivity index (χ0) is 26.5. The number of hydrogen-bond acceptors (Lipinski definition) is 3. The van der Waals surface area contributed by atoms with E-state index in [9.17, 15) is 9.59 Å². The SMILES string of the molecule is CC/C=C\C/C=C\C/C=C\C/C=C\CCCCC(CCCCCCCC(=O)O)OC(=O)CCCCC. The lowest BCUT2D eigenvalue weighted by Crippen LogP contribution is -2.18. The first kappa shape index (κ1) is 33.9. The molecule has 0 fully saturated rings. The number of carbonyl (C=O) groups is 2. The minimum atomic E-state index is -0.713. The van der Waals surface area contributed by atoms with E-state index in [-0.39, 0.29) is 18.5 Å². The van der Waals surface area contributed by atoms with Crippen LogP contribution in [0, 0.1) is 0 Å². The van der Waals surface area contributed by atoms with Gasteiger partial charge in [-0.2, -0.15) is 0 Å². The van der Waals surface area contributed by atoms with Gasteiger partial charge < -0.3 is 9.84 Å². The number of unbranched alkanes of at least 4 members (excludes halogenated alkanes) is 8. The molecule has 4 heteroatoms. The molecule has 0 spiro atoms. The van der Waals surface area contributed by atoms with Crippen molar-refractivity contribution in [3.8, 4) is 0 Å². The molecule has 4 nitrogen and oxygen atoms in total. The Hall–Kier alpha value is -2.10. The van der Waals surface area contributed by atoms with E-state index in [0.717, 1.165) is 109 Å². The maximum atomic E-state index is 12.2. The average Bonchev–Trinajstić information content (AvgIpc) is 2.85. The first-order valence-electron chi connectivity index (χ1n) is 14.6. The molecule has 0 aromatic carbocycles. The van der Waals surface area contributed by atoms with E-state index >= 15 is 0 Å². The third-order valence-electron chi connectivity index (χ3n) is 6.07. The number of carboxylic acid groups (broad SMARTS) is 1. The maximum Gasteiger partial charge on any atom is 0.306 e. The van der Waals surface area contributed by atoms with Crippen LogP contribution in [0.3, 0.4) is 0 Å². The quantitative estimate of drug-likeness (QED) is 0.0766. The second-order valence-electron chi connectivity index (χ2n) is 9.55. The first-order chi connectivity index (χ1) is 17.6. The number of ether oxygens (including phenoxy) is 1. The summed E-state index contributed by atoms with van der Waals surface area (Å²) in [5.74, 6) is -0.760. The summed E-state index contributed by atoms with van der Waals surface area (Å²) in [6, 6.07) is 0. The summed E-state index contributed by atoms with van der Waals surface area (Å²) in [7, 11) is 0. The molecule has 1 unspecified atom stereocenters. The van der Waals surface area contributed by atoms with E-state index in [1.54, 1.807) is 0 Å². The second-order valence-corrected chi connectivity index (χ2v) is 9.55. The van der Waals surface area contributed by atoms with Crippen molar-refractivity contribution in [3.63, 3.8) is 0 Å². The van der Waals surface area contributed by atoms with Gasteiger partial charge in [0.2, 0.25) is 0 Å². The standard InChI is InChI=1S/C32H54O4/c1-3-5-7-8-9-10-11-12-13-14-15-16-17-19-23-26-30(36-32(35)29-22-6-4-2)27-24-20-18-21-25-28-31(33)34/h5,7,9-10,12-13,15-16,30H,3-4,6,8,11,14,17-29H2,1-2H3,(H,33,34)/b7-5-,10-9-,13-12-,16-15-. The van der Waals surface area contributed by atoms with Crippen molar-refractivity contribution < 1.29 is 19.4 Å². The molecule has 0 heterocycles. The summed E-state index contributed by atoms with van der Waals surface area (Å²) >= 11 is 0. The van der Waals surface area contributed by atoms with Crippen LogP contribution in [-0.4, -0.2) is 23.1 Å². The highest BCUT2D eigenvalue weighted by Crippen LogP contribution is 2.17. The Labute approximate surface area is 222 Å². The van der Waals surface area contributed by atoms with Gasteiger partial charge in [-0.1, -0.05) is 94.6 Å². The van der Waals surface area contributed by atoms with Gasteiger partial charge in [0.05, 0.1) is 0 Å². The molecule has 0 aliphatic heterocycles. The number of carbonyl (C=O) groups excluding carboxylic acids is 1. The van der Waals surface area contributed by atoms with E-state index in [0.29, 0.717) is 6.42 Å². The van der Waals surface area contributed by atoms with Crippen LogP contribution in [0.2, 0.25) is 0 Å². The minimum absolute atomic E-state index is 0.0237. The largest absolute Gasteiger partial charge is 0.481 e. The van der Waals surface area contributed by atoms with E-state index in [1.807, 2.05) is 0 Å². The third kappa shape index (κ3) is 26.5. The number of rotatable bonds is 25. The number of carboxylic acids is 1. The highest BCUT2D eigenvalue weighted by molar-refractivity contribution is 5.69. The van der Waals surface area contributed by atoms with Crippen LogP contribution in [-0.2, 0) is 14.3 Å². The normalized spacial score (nSPS) is 12.9. The topological polar surface area (TPSA) is 63.6 Å². The molecular weight excluding hydrogens is 448 g/mol. The van der Waals surface area contributed by atoms with Gasteiger partial charge in [-0.3, -0.25) is 9.59 Å². The minimum Gasteiger partial charge on any atom is -0.481 e. The molecule has 0 aromatic heterocycles. The Kier molecular flexibility index (Phi) is 25.9. The van der Waals surface area contributed by atoms with Crippen molar-refractivity contribution in [3.05, 3.63) is 48.6 Å². The predicted molar refractivity (Wildman–Crippen MR) is 153 cm³/mol. The Bertz CT molecular complexity index is 630. The van der Waals surface area contributed by atoms with Crippen LogP contribution in [0.1, 0.15) is 136 Å². The third-order valence-corrected chi connectivity index (χ3v) is 6.07. The van der Waals surface area contributed by atoms with Crippen molar-refractivity contribution in [1.82, 2.24) is 0 Å². The van der Waals surface area contributed by atoms with Crippen molar-refractivity contribution >= 4 is 11.9 Å². The summed E-state index contributed by atoms with van der Waals surface area (Å²) in [4.78, 5) is 22.8. The van der Waals surface area contributed by atoms with Gasteiger partial charge >= 0.3 is 11.9 Å². The van der Waals surface area contributed by atoms with Gasteiger partial charge in [-0.05, 0) is 77.0 Å². The fourth-order valence-electron chi connectivity index (χ4n) is 3.94. The molecule has 0 aliphatic carbocycles. The molecule has 1 atom stereocenters. The molecule has 0 radical (unpaired) electrons. The Morgan fingerprint density at radius 1 is 0.639 bits per heavy atom. The molecule has 36 heavy (non-hydrogen) atoms. The fourth-order valence-corrected chi connectivity index (χ4v) is 3.94. The lowest BCUT2D eigenvalue weighted by Gasteiger charge is -2.18. The maximum absolute atomic E-state index is 12.2. The monoisotopic (exact) mass is 502 g/mol. The van der Waals surface area contributed by atoms with Crippen LogP contribution in [0.5, 0.6) is 0 Å². The summed E-state index contributed by atoms with van der Waals surface area (Å²) < 4.78 is 5.82. The van der Waals surface area contributed by atoms with Gasteiger partial charge in [0.15, 0.2) is 0 Å². The first-order valence-corrected chi connectivity index (χ1v) is 14.6. The van der Waals surface area contributed by atoms with Gasteiger partial charge in [-0.15, -0.1) is 0 Å². The molecule has 0 saturated carbocycles. The zero-order valence-electron chi connectivity index (χ0n) is 23.3. The fraction of sp³-hybridized carbons (Fsp3) is 0.688. The molecule has 0 aliphatic rings. The highest BCUT2D eigenvalue weighted by Gasteiger charge is 2.14. The number of hydrogen-bond donors (Lipinski definition) is 1. The van der Waals surface area contributed by atoms with Crippen LogP contribution >= 0.6 is 0 Å². The Balaban J connectivity index is 4.08. The molecular formula is C32H54O4. The summed E-state index contributed by atoms with van der Waals surface area (Å²) in [5, 5.41) is 8.72. The molecule has 0 aromatic rings. The van der Waals surface area contributed by atoms with Crippen LogP contribution in [0.15, 0.2) is 48.6 Å². The van der Waals surface area contributed by atoms with Crippen LogP contribution in [0.25, 0.3) is 0 Å². The van der Waals surface area contributed by atoms with Crippen LogP contribution < -0.4 is 0 Å². The summed E-state index contributed by atoms with van der Waals surface area (Å²) in [6.45, 7) is 4.29. The lowest BCUT2D eigenvalue weighted by molar-refractivity contribution is -0.150. The van der Waals surface area contributed by atoms with Crippen LogP contribution in [0.4, 0.5) is 0 Å². The summed E-state index contributed by atoms with van der Waals surface area (Å²) in [6.07, 6.45) is 35.8. The van der Waals surface area contributed by atoms with E-state index in [4.69, 9.17) is 9.84 Å². The summed E-state index contributed by atoms with van der Waals surface area (Å²) in [5.41, 5.74) is 0. The van der Waals surface area contributed by atoms with E-state index in [2.05, 4.69) is 62.5 Å². The van der Waals surface area contributed by atoms with Crippen molar-refractivity contribution in [1.29, 1.82) is 0 Å². The van der Waals surface area contributed by atoms with Crippen molar-refractivity contribution in [2.45, 2.75) is 142 Å². The predicted octanol–water partition coefficient (Wildman–Crippen LogP) is 9.66. The lowest BCUT2D eigenvalue weighted by atomic mass is 10.0. The van der Waals surface area contributed by atoms with Crippen molar-refractivity contribution in [2.75, 3.05) is 0 Å². The molecule has 206 valence electrons. The van der Waals surface area contributed by atoms with Gasteiger partial charge in [0.1, 0.15) is 6.10 Å². The molecule has 1 N–H and O–H groups in total. The average molecular weight is 503 g/mol. The molecule has 0 saturated heterocycles. The highest BCUT2D eigenvalue weighted by atomic mass is 16.5. The van der Waals surface area contributed by atoms with Gasteiger partial charge in [0.25, 0.3) is 0 Å². The van der Waals surface area contributed by atoms with E-state index < -0.39 is 5.97 Å². The zero-order valence-corrected chi connectivity index (χ0v) is 23.3. The smallest absolute Gasteiger partial charge is 0.306 e. The van der Waals surface area contributed by atoms with E-state index in [1.165, 1.54) is 0 Å². The number of allylic oxidation sites excluding steroid dienone is 8.